The predicted octanol–water partition coefficient (Wildman–Crippen LogP) is 15.9. The van der Waals surface area contributed by atoms with Crippen LogP contribution in [0.15, 0.2) is 302 Å². The molecule has 3 heteroatoms. The van der Waals surface area contributed by atoms with Gasteiger partial charge in [-0.3, -0.25) is 0 Å². The van der Waals surface area contributed by atoms with Crippen LogP contribution in [0.1, 0.15) is 64.4 Å². The molecule has 12 aromatic carbocycles. The Morgan fingerprint density at radius 3 is 1.15 bits per heavy atom. The Labute approximate surface area is 504 Å². The van der Waals surface area contributed by atoms with E-state index in [2.05, 4.69) is 0 Å². The second kappa shape index (κ2) is 18.5. The minimum Gasteiger partial charge on any atom is -0.309 e. The molecule has 2 heterocycles. The van der Waals surface area contributed by atoms with Crippen LogP contribution in [0.2, 0.25) is 0 Å². The smallest absolute Gasteiger partial charge is 0.179 e. The maximum atomic E-state index is 10.7. The molecule has 0 saturated heterocycles. The van der Waals surface area contributed by atoms with Gasteiger partial charge >= 0.3 is 0 Å². The van der Waals surface area contributed by atoms with Gasteiger partial charge in [0.05, 0.1) is 92.2 Å². The maximum Gasteiger partial charge on any atom is 0.179 e. The van der Waals surface area contributed by atoms with Gasteiger partial charge in [-0.2, -0.15) is 0 Å². The van der Waals surface area contributed by atoms with Crippen molar-refractivity contribution in [3.63, 3.8) is 0 Å². The molecule has 0 amide bonds. The zero-order valence-corrected chi connectivity index (χ0v) is 38.6. The molecule has 14 rings (SSSR count). The van der Waals surface area contributed by atoms with E-state index in [1.54, 1.807) is 0 Å². The fourth-order valence-electron chi connectivity index (χ4n) is 9.07. The Morgan fingerprint density at radius 1 is 0.267 bits per heavy atom. The molecule has 0 saturated carbocycles. The zero-order valence-electron chi connectivity index (χ0n) is 84.6. The molecule has 2 aromatic heterocycles. The third-order valence-corrected chi connectivity index (χ3v) is 16.1. The summed E-state index contributed by atoms with van der Waals surface area (Å²) >= 11 is 0. The lowest BCUT2D eigenvalue weighted by atomic mass is 9.93. The van der Waals surface area contributed by atoms with Gasteiger partial charge < -0.3 is 9.13 Å². The van der Waals surface area contributed by atoms with Gasteiger partial charge in [0, 0.05) is 38.4 Å². The first-order valence-electron chi connectivity index (χ1n) is 45.6. The summed E-state index contributed by atoms with van der Waals surface area (Å²) < 4.78 is 444. The van der Waals surface area contributed by atoms with Crippen molar-refractivity contribution >= 4 is 72.4 Å². The van der Waals surface area contributed by atoms with Crippen molar-refractivity contribution in [2.75, 3.05) is 0 Å². The molecule has 0 spiro atoms. The Balaban J connectivity index is 1.19. The molecule has 0 bridgehead atoms. The highest BCUT2D eigenvalue weighted by Crippen LogP contribution is 2.44. The molecule has 0 aliphatic rings. The molecule has 0 unspecified atom stereocenters. The highest BCUT2D eigenvalue weighted by Gasteiger charge is 2.41. The summed E-state index contributed by atoms with van der Waals surface area (Å²) in [5.41, 5.74) is -13.1. The number of aromatic nitrogens is 2. The van der Waals surface area contributed by atoms with Crippen LogP contribution in [0.25, 0.3) is 99.5 Å². The third-order valence-electron chi connectivity index (χ3n) is 12.1. The summed E-state index contributed by atoms with van der Waals surface area (Å²) in [5, 5.41) is -9.04. The van der Waals surface area contributed by atoms with E-state index in [0.29, 0.717) is 4.57 Å². The minimum absolute atomic E-state index is 0.392. The van der Waals surface area contributed by atoms with Crippen molar-refractivity contribution < 1.29 is 64.4 Å². The molecule has 0 aliphatic heterocycles. The fourth-order valence-corrected chi connectivity index (χ4v) is 12.6. The molecule has 352 valence electrons. The van der Waals surface area contributed by atoms with E-state index in [1.165, 1.54) is 0 Å². The summed E-state index contributed by atoms with van der Waals surface area (Å²) in [6.45, 7) is 0. The number of nitrogens with zero attached hydrogens (tertiary/aromatic N) is 2. The van der Waals surface area contributed by atoms with Crippen molar-refractivity contribution in [3.8, 4) is 55.9 Å². The predicted molar refractivity (Wildman–Crippen MR) is 320 cm³/mol. The van der Waals surface area contributed by atoms with Crippen LogP contribution in [-0.4, -0.2) is 17.2 Å². The van der Waals surface area contributed by atoms with Gasteiger partial charge in [0.25, 0.3) is 0 Å². The number of benzene rings is 12. The van der Waals surface area contributed by atoms with E-state index in [0.717, 1.165) is 22.8 Å². The van der Waals surface area contributed by atoms with E-state index < -0.39 is 412 Å². The summed E-state index contributed by atoms with van der Waals surface area (Å²) in [7, 11) is -6.74. The van der Waals surface area contributed by atoms with E-state index in [9.17, 15) is 38.4 Å². The van der Waals surface area contributed by atoms with Crippen LogP contribution < -0.4 is 20.7 Å². The lowest BCUT2D eigenvalue weighted by molar-refractivity contribution is 1.18. The maximum absolute atomic E-state index is 10.7. The van der Waals surface area contributed by atoms with Gasteiger partial charge in [-0.25, -0.2) is 0 Å². The van der Waals surface area contributed by atoms with E-state index in [-0.39, 0.29) is 0 Å². The SMILES string of the molecule is [2H]c1c([2H])c([2H])c(-c2cccc(-c3c([2H])c([2H])c([2H])c([2H])c3[2H])c2-n2c3c([2H])c([2H])c([2H])c([2H])c3c3c([2H])c(-c4c([2H])c([2H])c([2H])c([2H])c4-c4c([2H])c([2H])c5c(c4[2H])c4c([2H])c([2H])c([2H])c([2H])c4n5-c4c([2H])c([2H])c([2H])c([Si](c5c([2H])c([2H])c([2H])c([2H])c5[2H])(c5c([2H])c([2H])c([2H])c([2H])c5[2H])c5c([2H])c([2H])c([2H])c([2H])c5[2H])c4[2H])c([2H])c([2H])c32)c([2H])c1[2H]. The van der Waals surface area contributed by atoms with Gasteiger partial charge in [0.2, 0.25) is 0 Å². The van der Waals surface area contributed by atoms with E-state index >= 15 is 0 Å². The fraction of sp³-hybridized carbons (Fsp3) is 0. The first-order chi connectivity index (χ1) is 56.8. The van der Waals surface area contributed by atoms with Crippen molar-refractivity contribution in [2.24, 2.45) is 0 Å². The number of fused-ring (bicyclic) bond motifs is 6. The molecule has 75 heavy (non-hydrogen) atoms. The highest BCUT2D eigenvalue weighted by molar-refractivity contribution is 7.19. The van der Waals surface area contributed by atoms with Crippen LogP contribution in [-0.2, 0) is 0 Å². The molecule has 0 radical (unpaired) electrons. The average Bonchev–Trinajstić information content (AvgIpc) is 0.972. The normalized spacial score (nSPS) is 20.5. The standard InChI is InChI=1S/C72H50N2Si/c1-6-24-51(25-7-1)62-40-23-41-63(52-26-8-2-9-27-52)72(62)74-69-43-21-19-39-65(69)67-49-54(45-47-71(67)74)61-37-17-16-36-60(61)53-44-46-70-66(48-53)64-38-18-20-42-68(64)73(70)55-28-22-35-59(50-55)75(56-29-10-3-11-30-56,57-31-12-4-13-32-57)58-33-14-5-15-34-58/h1-50H/i1D,2D,3D,4D,5D,6D,7D,8D,9D,10D,11D,12D,13D,14D,15D,16D,17D,18D,19D,20D,21D,22D,24D,25D,26D,27D,28D,29D,30D,31D,32D,33D,34D,35D,36D,37D,38D,39D,42D,43D,44D,45D,46D,47D,48D,49D,50D. The quantitative estimate of drug-likeness (QED) is 0.0954. The molecule has 0 atom stereocenters. The van der Waals surface area contributed by atoms with Crippen LogP contribution in [0.5, 0.6) is 0 Å². The van der Waals surface area contributed by atoms with Crippen LogP contribution in [0, 0.1) is 0 Å². The van der Waals surface area contributed by atoms with Gasteiger partial charge in [-0.1, -0.05) is 254 Å². The molecular formula is C72H50N2Si. The van der Waals surface area contributed by atoms with E-state index in [4.69, 9.17) is 26.0 Å². The largest absolute Gasteiger partial charge is 0.309 e. The van der Waals surface area contributed by atoms with Crippen molar-refractivity contribution in [1.29, 1.82) is 0 Å². The minimum atomic E-state index is -6.74. The second-order valence-electron chi connectivity index (χ2n) is 16.0. The molecule has 0 N–H and O–H groups in total. The lowest BCUT2D eigenvalue weighted by Crippen LogP contribution is -2.74. The Hall–Kier alpha value is -9.54. The number of rotatable bonds is 10. The molecular weight excluding hydrogens is 921 g/mol. The van der Waals surface area contributed by atoms with Crippen molar-refractivity contribution in [1.82, 2.24) is 9.13 Å². The number of hydrogen-bond donors (Lipinski definition) is 0. The molecule has 0 fully saturated rings. The average molecular weight is 1020 g/mol. The van der Waals surface area contributed by atoms with Crippen LogP contribution >= 0.6 is 0 Å². The first kappa shape index (κ1) is 17.3. The zero-order chi connectivity index (χ0) is 90.6. The second-order valence-corrected chi connectivity index (χ2v) is 19.5. The highest BCUT2D eigenvalue weighted by atomic mass is 28.3. The molecule has 14 aromatic rings. The lowest BCUT2D eigenvalue weighted by Gasteiger charge is -2.34. The monoisotopic (exact) mass is 1020 g/mol. The Bertz CT molecular complexity index is 6890. The third kappa shape index (κ3) is 7.31. The molecule has 0 aliphatic carbocycles. The van der Waals surface area contributed by atoms with Crippen molar-refractivity contribution in [2.45, 2.75) is 0 Å². The summed E-state index contributed by atoms with van der Waals surface area (Å²) in [5.74, 6) is 0. The Morgan fingerprint density at radius 2 is 0.653 bits per heavy atom. The first-order valence-corrected chi connectivity index (χ1v) is 24.1. The van der Waals surface area contributed by atoms with Gasteiger partial charge in [0.15, 0.2) is 8.07 Å². The van der Waals surface area contributed by atoms with Crippen LogP contribution in [0.3, 0.4) is 0 Å². The van der Waals surface area contributed by atoms with Crippen molar-refractivity contribution in [3.05, 3.63) is 302 Å². The molecule has 2 nitrogen and oxygen atoms in total. The number of para-hydroxylation sites is 3. The summed E-state index contributed by atoms with van der Waals surface area (Å²) in [6, 6.07) is -54.8. The van der Waals surface area contributed by atoms with Gasteiger partial charge in [-0.05, 0) is 102 Å². The van der Waals surface area contributed by atoms with Gasteiger partial charge in [-0.15, -0.1) is 0 Å². The number of hydrogen-bond acceptors (Lipinski definition) is 0. The van der Waals surface area contributed by atoms with Gasteiger partial charge in [0.1, 0.15) is 0 Å². The summed E-state index contributed by atoms with van der Waals surface area (Å²) in [6.07, 6.45) is 0. The van der Waals surface area contributed by atoms with E-state index in [1.807, 2.05) is 0 Å². The Kier molecular flexibility index (Phi) is 4.26. The topological polar surface area (TPSA) is 9.86 Å². The summed E-state index contributed by atoms with van der Waals surface area (Å²) in [4.78, 5) is 0. The van der Waals surface area contributed by atoms with Crippen LogP contribution in [0.4, 0.5) is 0 Å².